The van der Waals surface area contributed by atoms with Gasteiger partial charge in [0.25, 0.3) is 0 Å². The summed E-state index contributed by atoms with van der Waals surface area (Å²) in [4.78, 5) is 9.62. The van der Waals surface area contributed by atoms with E-state index in [1.165, 1.54) is 4.88 Å². The highest BCUT2D eigenvalue weighted by molar-refractivity contribution is 7.20. The van der Waals surface area contributed by atoms with Crippen molar-refractivity contribution in [3.8, 4) is 10.0 Å². The molecule has 0 fully saturated rings. The largest absolute Gasteiger partial charge is 0.242 e. The second-order valence-electron chi connectivity index (χ2n) is 2.11. The van der Waals surface area contributed by atoms with E-state index in [0.29, 0.717) is 0 Å². The van der Waals surface area contributed by atoms with Crippen LogP contribution in [-0.2, 0) is 0 Å². The third-order valence-electron chi connectivity index (χ3n) is 1.24. The van der Waals surface area contributed by atoms with Crippen molar-refractivity contribution in [2.75, 3.05) is 0 Å². The van der Waals surface area contributed by atoms with E-state index < -0.39 is 0 Å². The van der Waals surface area contributed by atoms with Gasteiger partial charge in [0.1, 0.15) is 0 Å². The van der Waals surface area contributed by atoms with Crippen LogP contribution in [0.15, 0.2) is 17.8 Å². The maximum atomic E-state index is 4.22. The summed E-state index contributed by atoms with van der Waals surface area (Å²) < 4.78 is 0. The minimum atomic E-state index is 1.02. The van der Waals surface area contributed by atoms with Gasteiger partial charge in [0.2, 0.25) is 0 Å². The summed E-state index contributed by atoms with van der Waals surface area (Å²) in [6.45, 7) is 14.1. The van der Waals surface area contributed by atoms with Crippen molar-refractivity contribution in [2.45, 2.75) is 48.5 Å². The smallest absolute Gasteiger partial charge is 0.152 e. The molecule has 0 aromatic carbocycles. The first-order valence-electron chi connectivity index (χ1n) is 6.18. The Morgan fingerprint density at radius 3 is 1.82 bits per heavy atom. The van der Waals surface area contributed by atoms with Crippen molar-refractivity contribution in [3.05, 3.63) is 22.7 Å². The molecule has 2 aromatic rings. The van der Waals surface area contributed by atoms with Crippen molar-refractivity contribution in [1.29, 1.82) is 0 Å². The van der Waals surface area contributed by atoms with Crippen molar-refractivity contribution >= 4 is 22.7 Å². The van der Waals surface area contributed by atoms with Crippen molar-refractivity contribution < 1.29 is 0 Å². The Morgan fingerprint density at radius 1 is 0.882 bits per heavy atom. The van der Waals surface area contributed by atoms with Crippen molar-refractivity contribution in [2.24, 2.45) is 0 Å². The quantitative estimate of drug-likeness (QED) is 0.670. The number of thiazole rings is 2. The highest BCUT2D eigenvalue weighted by Gasteiger charge is 2.03. The number of aromatic nitrogens is 2. The van der Waals surface area contributed by atoms with Crippen LogP contribution >= 0.6 is 22.7 Å². The van der Waals surface area contributed by atoms with Gasteiger partial charge in [-0.2, -0.15) is 0 Å². The van der Waals surface area contributed by atoms with Gasteiger partial charge < -0.3 is 0 Å². The fourth-order valence-corrected chi connectivity index (χ4v) is 2.23. The van der Waals surface area contributed by atoms with E-state index in [4.69, 9.17) is 0 Å². The Kier molecular flexibility index (Phi) is 14.6. The summed E-state index contributed by atoms with van der Waals surface area (Å²) in [5.41, 5.74) is 0. The summed E-state index contributed by atoms with van der Waals surface area (Å²) in [5.74, 6) is 0. The second-order valence-corrected chi connectivity index (χ2v) is 4.24. The molecular formula is C13H24N2S2. The molecule has 0 radical (unpaired) electrons. The summed E-state index contributed by atoms with van der Waals surface area (Å²) in [6.07, 6.45) is 3.68. The van der Waals surface area contributed by atoms with E-state index in [2.05, 4.69) is 16.9 Å². The van der Waals surface area contributed by atoms with Gasteiger partial charge in [-0.15, -0.1) is 22.7 Å². The Hall–Kier alpha value is -0.740. The summed E-state index contributed by atoms with van der Waals surface area (Å²) >= 11 is 3.31. The van der Waals surface area contributed by atoms with Gasteiger partial charge in [0.05, 0.1) is 0 Å². The van der Waals surface area contributed by atoms with Crippen LogP contribution in [0.5, 0.6) is 0 Å². The molecule has 0 spiro atoms. The van der Waals surface area contributed by atoms with Gasteiger partial charge in [-0.3, -0.25) is 0 Å². The van der Waals surface area contributed by atoms with Crippen LogP contribution in [0.3, 0.4) is 0 Å². The van der Waals surface area contributed by atoms with E-state index in [9.17, 15) is 0 Å². The lowest BCUT2D eigenvalue weighted by Crippen LogP contribution is -1.68. The first-order chi connectivity index (χ1) is 8.36. The topological polar surface area (TPSA) is 25.8 Å². The van der Waals surface area contributed by atoms with Crippen LogP contribution in [0.4, 0.5) is 0 Å². The monoisotopic (exact) mass is 272 g/mol. The number of hydrogen-bond acceptors (Lipinski definition) is 4. The van der Waals surface area contributed by atoms with E-state index in [1.54, 1.807) is 28.9 Å². The van der Waals surface area contributed by atoms with Crippen molar-refractivity contribution in [3.63, 3.8) is 0 Å². The molecule has 98 valence electrons. The number of hydrogen-bond donors (Lipinski definition) is 0. The fourth-order valence-electron chi connectivity index (χ4n) is 0.783. The van der Waals surface area contributed by atoms with Crippen LogP contribution < -0.4 is 0 Å². The predicted octanol–water partition coefficient (Wildman–Crippen LogP) is 5.65. The Labute approximate surface area is 114 Å². The molecule has 2 nitrogen and oxygen atoms in total. The molecule has 0 N–H and O–H groups in total. The first kappa shape index (κ1) is 18.6. The van der Waals surface area contributed by atoms with Gasteiger partial charge in [-0.25, -0.2) is 9.97 Å². The molecule has 0 bridgehead atoms. The Bertz CT molecular complexity index is 340. The zero-order valence-electron chi connectivity index (χ0n) is 11.9. The second kappa shape index (κ2) is 13.3. The molecular weight excluding hydrogens is 248 g/mol. The molecule has 2 rings (SSSR count). The molecule has 0 aliphatic carbocycles. The zero-order chi connectivity index (χ0) is 13.7. The van der Waals surface area contributed by atoms with Gasteiger partial charge in [0.15, 0.2) is 10.0 Å². The average Bonchev–Trinajstić information content (AvgIpc) is 3.07. The van der Waals surface area contributed by atoms with Gasteiger partial charge in [-0.05, 0) is 6.92 Å². The summed E-state index contributed by atoms with van der Waals surface area (Å²) in [6, 6.07) is 0. The standard InChI is InChI=1S/C7H6N2S2.3C2H6/c1-5-4-9-7(11-5)6-8-2-3-10-6;3*1-2/h2-4H,1H3;3*1-2H3. The van der Waals surface area contributed by atoms with Gasteiger partial charge in [-0.1, -0.05) is 41.5 Å². The van der Waals surface area contributed by atoms with E-state index in [0.717, 1.165) is 10.0 Å². The predicted molar refractivity (Wildman–Crippen MR) is 82.0 cm³/mol. The third kappa shape index (κ3) is 7.23. The molecule has 0 atom stereocenters. The molecule has 0 aliphatic heterocycles. The van der Waals surface area contributed by atoms with E-state index in [1.807, 2.05) is 53.1 Å². The van der Waals surface area contributed by atoms with Crippen LogP contribution in [0.2, 0.25) is 0 Å². The minimum Gasteiger partial charge on any atom is -0.242 e. The summed E-state index contributed by atoms with van der Waals surface area (Å²) in [5, 5.41) is 4.01. The molecule has 0 saturated heterocycles. The molecule has 2 heterocycles. The average molecular weight is 272 g/mol. The number of aryl methyl sites for hydroxylation is 1. The molecule has 0 amide bonds. The summed E-state index contributed by atoms with van der Waals surface area (Å²) in [7, 11) is 0. The molecule has 0 aliphatic rings. The zero-order valence-corrected chi connectivity index (χ0v) is 13.6. The maximum absolute atomic E-state index is 4.22. The highest BCUT2D eigenvalue weighted by atomic mass is 32.1. The van der Waals surface area contributed by atoms with Gasteiger partial charge in [0, 0.05) is 22.7 Å². The molecule has 0 unspecified atom stereocenters. The maximum Gasteiger partial charge on any atom is 0.152 e. The molecule has 2 aromatic heterocycles. The van der Waals surface area contributed by atoms with Crippen LogP contribution in [0.1, 0.15) is 46.4 Å². The third-order valence-corrected chi connectivity index (χ3v) is 3.07. The number of rotatable bonds is 1. The normalized spacial score (nSPS) is 7.71. The molecule has 4 heteroatoms. The van der Waals surface area contributed by atoms with E-state index in [-0.39, 0.29) is 0 Å². The fraction of sp³-hybridized carbons (Fsp3) is 0.538. The lowest BCUT2D eigenvalue weighted by molar-refractivity contribution is 1.34. The van der Waals surface area contributed by atoms with Crippen LogP contribution in [0.25, 0.3) is 10.0 Å². The SMILES string of the molecule is CC.CC.CC.Cc1cnc(-c2nccs2)s1. The molecule has 0 saturated carbocycles. The highest BCUT2D eigenvalue weighted by Crippen LogP contribution is 2.25. The molecule has 17 heavy (non-hydrogen) atoms. The lowest BCUT2D eigenvalue weighted by atomic mass is 10.6. The van der Waals surface area contributed by atoms with Gasteiger partial charge >= 0.3 is 0 Å². The van der Waals surface area contributed by atoms with Crippen molar-refractivity contribution in [1.82, 2.24) is 9.97 Å². The first-order valence-corrected chi connectivity index (χ1v) is 7.88. The van der Waals surface area contributed by atoms with Crippen LogP contribution in [0, 0.1) is 6.92 Å². The minimum absolute atomic E-state index is 1.02. The Morgan fingerprint density at radius 2 is 1.47 bits per heavy atom. The number of nitrogens with zero attached hydrogens (tertiary/aromatic N) is 2. The Balaban J connectivity index is 0. The van der Waals surface area contributed by atoms with Crippen LogP contribution in [-0.4, -0.2) is 9.97 Å². The van der Waals surface area contributed by atoms with E-state index >= 15 is 0 Å². The lowest BCUT2D eigenvalue weighted by Gasteiger charge is -1.82.